The van der Waals surface area contributed by atoms with Crippen LogP contribution in [-0.4, -0.2) is 24.8 Å². The highest BCUT2D eigenvalue weighted by Gasteiger charge is 2.13. The Balaban J connectivity index is 1.69. The number of nitrogens with two attached hydrogens (primary N) is 1. The Hall–Kier alpha value is -3.94. The van der Waals surface area contributed by atoms with Gasteiger partial charge in [0.05, 0.1) is 17.9 Å². The third-order valence-corrected chi connectivity index (χ3v) is 4.77. The fraction of sp³-hybridized carbons (Fsp3) is 0.130. The van der Waals surface area contributed by atoms with Gasteiger partial charge in [0.2, 0.25) is 5.91 Å². The maximum Gasteiger partial charge on any atom is 0.221 e. The van der Waals surface area contributed by atoms with E-state index >= 15 is 0 Å². The number of anilines is 4. The number of hydrogen-bond donors (Lipinski definition) is 4. The van der Waals surface area contributed by atoms with Crippen LogP contribution in [0.3, 0.4) is 0 Å². The van der Waals surface area contributed by atoms with Gasteiger partial charge in [0.1, 0.15) is 17.5 Å². The van der Waals surface area contributed by atoms with Crippen LogP contribution in [0.25, 0.3) is 11.1 Å². The first-order valence-corrected chi connectivity index (χ1v) is 9.72. The zero-order valence-corrected chi connectivity index (χ0v) is 16.8. The Morgan fingerprint density at radius 2 is 1.84 bits per heavy atom. The predicted octanol–water partition coefficient (Wildman–Crippen LogP) is 4.27. The van der Waals surface area contributed by atoms with Crippen molar-refractivity contribution in [1.29, 1.82) is 0 Å². The zero-order valence-electron chi connectivity index (χ0n) is 16.8. The lowest BCUT2D eigenvalue weighted by atomic mass is 10.0. The molecular weight excluding hydrogens is 400 g/mol. The minimum absolute atomic E-state index is 0.213. The quantitative estimate of drug-likeness (QED) is 0.463. The van der Waals surface area contributed by atoms with E-state index in [1.165, 1.54) is 19.1 Å². The molecule has 5 N–H and O–H groups in total. The molecule has 0 unspecified atom stereocenters. The molecule has 158 valence electrons. The summed E-state index contributed by atoms with van der Waals surface area (Å²) in [5.74, 6) is -0.817. The summed E-state index contributed by atoms with van der Waals surface area (Å²) in [6, 6.07) is 14.0. The van der Waals surface area contributed by atoms with Crippen molar-refractivity contribution in [1.82, 2.24) is 5.32 Å². The van der Waals surface area contributed by atoms with Crippen LogP contribution in [0.4, 0.5) is 31.5 Å². The van der Waals surface area contributed by atoms with E-state index in [1.807, 2.05) is 18.2 Å². The van der Waals surface area contributed by atoms with Crippen LogP contribution in [0.2, 0.25) is 0 Å². The van der Waals surface area contributed by atoms with Crippen molar-refractivity contribution in [3.8, 4) is 11.1 Å². The van der Waals surface area contributed by atoms with Crippen molar-refractivity contribution in [2.75, 3.05) is 29.5 Å². The number of hydrogen-bond acceptors (Lipinski definition) is 5. The molecule has 8 heteroatoms. The van der Waals surface area contributed by atoms with E-state index in [0.29, 0.717) is 28.3 Å². The van der Waals surface area contributed by atoms with Crippen LogP contribution in [0, 0.1) is 11.6 Å². The van der Waals surface area contributed by atoms with Gasteiger partial charge in [-0.3, -0.25) is 9.79 Å². The summed E-state index contributed by atoms with van der Waals surface area (Å²) in [5, 5.41) is 9.12. The Labute approximate surface area is 178 Å². The largest absolute Gasteiger partial charge is 0.397 e. The van der Waals surface area contributed by atoms with Gasteiger partial charge in [-0.1, -0.05) is 0 Å². The highest BCUT2D eigenvalue weighted by Crippen LogP contribution is 2.32. The molecule has 0 bridgehead atoms. The summed E-state index contributed by atoms with van der Waals surface area (Å²) in [6.07, 6.45) is 0. The summed E-state index contributed by atoms with van der Waals surface area (Å²) >= 11 is 0. The van der Waals surface area contributed by atoms with Crippen molar-refractivity contribution in [2.45, 2.75) is 6.92 Å². The van der Waals surface area contributed by atoms with E-state index < -0.39 is 11.6 Å². The van der Waals surface area contributed by atoms with Crippen LogP contribution >= 0.6 is 0 Å². The van der Waals surface area contributed by atoms with Crippen molar-refractivity contribution in [2.24, 2.45) is 4.99 Å². The number of nitrogens with zero attached hydrogens (tertiary/aromatic N) is 1. The maximum atomic E-state index is 14.4. The molecule has 0 aliphatic carbocycles. The van der Waals surface area contributed by atoms with Gasteiger partial charge < -0.3 is 21.7 Å². The molecular formula is C23H21F2N5O. The molecule has 0 aromatic heterocycles. The number of nitrogen functional groups attached to an aromatic ring is 1. The van der Waals surface area contributed by atoms with Crippen LogP contribution in [0.1, 0.15) is 12.5 Å². The van der Waals surface area contributed by atoms with Crippen molar-refractivity contribution in [3.63, 3.8) is 0 Å². The molecule has 0 fully saturated rings. The zero-order chi connectivity index (χ0) is 22.0. The van der Waals surface area contributed by atoms with Gasteiger partial charge >= 0.3 is 0 Å². The molecule has 31 heavy (non-hydrogen) atoms. The lowest BCUT2D eigenvalue weighted by molar-refractivity contribution is -0.114. The van der Waals surface area contributed by atoms with Gasteiger partial charge in [-0.2, -0.15) is 0 Å². The van der Waals surface area contributed by atoms with E-state index in [4.69, 9.17) is 5.73 Å². The first-order valence-electron chi connectivity index (χ1n) is 9.72. The summed E-state index contributed by atoms with van der Waals surface area (Å²) in [7, 11) is 0. The number of nitrogens with one attached hydrogen (secondary N) is 3. The molecule has 1 aliphatic heterocycles. The average Bonchev–Trinajstić information content (AvgIpc) is 3.23. The third-order valence-electron chi connectivity index (χ3n) is 4.77. The Morgan fingerprint density at radius 1 is 1.03 bits per heavy atom. The molecule has 1 aliphatic rings. The predicted molar refractivity (Wildman–Crippen MR) is 120 cm³/mol. The van der Waals surface area contributed by atoms with Gasteiger partial charge in [-0.15, -0.1) is 0 Å². The lowest BCUT2D eigenvalue weighted by Crippen LogP contribution is -2.19. The molecule has 3 aromatic carbocycles. The van der Waals surface area contributed by atoms with Gasteiger partial charge in [0, 0.05) is 42.0 Å². The molecule has 0 saturated carbocycles. The van der Waals surface area contributed by atoms with E-state index in [-0.39, 0.29) is 11.5 Å². The van der Waals surface area contributed by atoms with Crippen LogP contribution in [0.5, 0.6) is 0 Å². The molecule has 6 nitrogen and oxygen atoms in total. The lowest BCUT2D eigenvalue weighted by Gasteiger charge is -2.15. The van der Waals surface area contributed by atoms with Crippen molar-refractivity contribution < 1.29 is 13.6 Å². The first-order chi connectivity index (χ1) is 14.9. The second kappa shape index (κ2) is 8.43. The van der Waals surface area contributed by atoms with E-state index in [9.17, 15) is 13.6 Å². The standard InChI is InChI=1S/C23H21F2N5O/c1-13(31)29-17-8-15(19-4-3-16(24)11-20(19)25)9-18(12-17)30-22-5-2-14(10-21(22)26)23-27-6-7-28-23/h2-5,8-12,30H,6-7,26H2,1H3,(H,27,28)(H,29,31). The SMILES string of the molecule is CC(=O)Nc1cc(Nc2ccc(C3=NCCN3)cc2N)cc(-c2ccc(F)cc2F)c1. The summed E-state index contributed by atoms with van der Waals surface area (Å²) < 4.78 is 27.7. The third kappa shape index (κ3) is 4.63. The topological polar surface area (TPSA) is 91.5 Å². The number of amides is 1. The Kier molecular flexibility index (Phi) is 5.53. The van der Waals surface area contributed by atoms with E-state index in [2.05, 4.69) is 20.9 Å². The van der Waals surface area contributed by atoms with Gasteiger partial charge in [0.25, 0.3) is 0 Å². The molecule has 0 radical (unpaired) electrons. The van der Waals surface area contributed by atoms with Gasteiger partial charge in [-0.05, 0) is 54.1 Å². The second-order valence-electron chi connectivity index (χ2n) is 7.19. The molecule has 0 spiro atoms. The van der Waals surface area contributed by atoms with Crippen LogP contribution < -0.4 is 21.7 Å². The summed E-state index contributed by atoms with van der Waals surface area (Å²) in [6.45, 7) is 2.91. The van der Waals surface area contributed by atoms with Crippen LogP contribution in [0.15, 0.2) is 59.6 Å². The minimum Gasteiger partial charge on any atom is -0.397 e. The molecule has 1 amide bonds. The number of aliphatic imine (C=N–C) groups is 1. The second-order valence-corrected chi connectivity index (χ2v) is 7.19. The summed E-state index contributed by atoms with van der Waals surface area (Å²) in [5.41, 5.74) is 10.0. The number of carbonyl (C=O) groups excluding carboxylic acids is 1. The number of carbonyl (C=O) groups is 1. The van der Waals surface area contributed by atoms with Crippen molar-refractivity contribution >= 4 is 34.5 Å². The normalized spacial score (nSPS) is 12.8. The number of halogens is 2. The molecule has 0 saturated heterocycles. The Morgan fingerprint density at radius 3 is 2.52 bits per heavy atom. The number of benzene rings is 3. The smallest absolute Gasteiger partial charge is 0.221 e. The Bertz CT molecular complexity index is 1190. The monoisotopic (exact) mass is 421 g/mol. The molecule has 4 rings (SSSR count). The summed E-state index contributed by atoms with van der Waals surface area (Å²) in [4.78, 5) is 16.0. The van der Waals surface area contributed by atoms with Gasteiger partial charge in [0.15, 0.2) is 0 Å². The molecule has 0 atom stereocenters. The fourth-order valence-corrected chi connectivity index (χ4v) is 3.42. The average molecular weight is 421 g/mol. The first kappa shape index (κ1) is 20.3. The van der Waals surface area contributed by atoms with Gasteiger partial charge in [-0.25, -0.2) is 8.78 Å². The van der Waals surface area contributed by atoms with Crippen molar-refractivity contribution in [3.05, 3.63) is 71.8 Å². The number of amidine groups is 1. The van der Waals surface area contributed by atoms with Crippen LogP contribution in [-0.2, 0) is 4.79 Å². The molecule has 1 heterocycles. The fourth-order valence-electron chi connectivity index (χ4n) is 3.42. The molecule has 3 aromatic rings. The highest BCUT2D eigenvalue weighted by atomic mass is 19.1. The highest BCUT2D eigenvalue weighted by molar-refractivity contribution is 6.01. The van der Waals surface area contributed by atoms with E-state index in [0.717, 1.165) is 30.6 Å². The number of rotatable bonds is 5. The minimum atomic E-state index is -0.695. The van der Waals surface area contributed by atoms with E-state index in [1.54, 1.807) is 18.2 Å². The maximum absolute atomic E-state index is 14.4.